The molecule has 1 rings (SSSR count). The molecule has 0 atom stereocenters. The molecule has 0 saturated carbocycles. The highest BCUT2D eigenvalue weighted by Gasteiger charge is 2.21. The monoisotopic (exact) mass is 295 g/mol. The molecule has 0 bridgehead atoms. The number of nitrogens with zero attached hydrogens (tertiary/aromatic N) is 2. The highest BCUT2D eigenvalue weighted by Crippen LogP contribution is 2.24. The molecule has 0 aliphatic rings. The van der Waals surface area contributed by atoms with Crippen LogP contribution in [0.1, 0.15) is 66.1 Å². The molecule has 21 heavy (non-hydrogen) atoms. The lowest BCUT2D eigenvalue weighted by Crippen LogP contribution is -2.36. The first-order chi connectivity index (χ1) is 9.88. The summed E-state index contributed by atoms with van der Waals surface area (Å²) < 4.78 is 5.29. The maximum absolute atomic E-state index is 12.3. The van der Waals surface area contributed by atoms with E-state index in [-0.39, 0.29) is 11.4 Å². The second kappa shape index (κ2) is 8.05. The van der Waals surface area contributed by atoms with E-state index >= 15 is 0 Å². The molecule has 0 aliphatic heterocycles. The van der Waals surface area contributed by atoms with Gasteiger partial charge >= 0.3 is 6.03 Å². The van der Waals surface area contributed by atoms with Crippen molar-refractivity contribution in [1.82, 2.24) is 10.1 Å². The highest BCUT2D eigenvalue weighted by molar-refractivity contribution is 5.88. The summed E-state index contributed by atoms with van der Waals surface area (Å²) in [4.78, 5) is 14.2. The van der Waals surface area contributed by atoms with Gasteiger partial charge in [-0.25, -0.2) is 4.79 Å². The number of urea groups is 1. The molecule has 1 heterocycles. The van der Waals surface area contributed by atoms with Crippen molar-refractivity contribution in [2.45, 2.75) is 65.7 Å². The van der Waals surface area contributed by atoms with Gasteiger partial charge in [0.15, 0.2) is 5.82 Å². The largest absolute Gasteiger partial charge is 0.359 e. The summed E-state index contributed by atoms with van der Waals surface area (Å²) in [6.07, 6.45) is 4.19. The average molecular weight is 295 g/mol. The lowest BCUT2D eigenvalue weighted by Gasteiger charge is -2.22. The van der Waals surface area contributed by atoms with Gasteiger partial charge in [0.25, 0.3) is 0 Å². The number of anilines is 1. The van der Waals surface area contributed by atoms with Gasteiger partial charge in [0.05, 0.1) is 0 Å². The molecule has 0 radical (unpaired) electrons. The van der Waals surface area contributed by atoms with Crippen molar-refractivity contribution in [2.75, 3.05) is 18.4 Å². The number of amides is 2. The van der Waals surface area contributed by atoms with E-state index in [1.807, 2.05) is 25.7 Å². The first-order valence-electron chi connectivity index (χ1n) is 7.91. The Balaban J connectivity index is 2.65. The second-order valence-electron chi connectivity index (χ2n) is 6.45. The predicted molar refractivity (Wildman–Crippen MR) is 85.6 cm³/mol. The molecule has 1 aromatic rings. The highest BCUT2D eigenvalue weighted by atomic mass is 16.5. The third-order valence-electron chi connectivity index (χ3n) is 3.33. The Bertz CT molecular complexity index is 427. The fourth-order valence-electron chi connectivity index (χ4n) is 1.89. The number of rotatable bonds is 7. The Kier molecular flexibility index (Phi) is 6.72. The zero-order chi connectivity index (χ0) is 15.9. The van der Waals surface area contributed by atoms with Crippen molar-refractivity contribution in [3.05, 3.63) is 11.8 Å². The molecule has 120 valence electrons. The smallest absolute Gasteiger partial charge is 0.323 e. The molecule has 0 aliphatic carbocycles. The van der Waals surface area contributed by atoms with Crippen molar-refractivity contribution in [2.24, 2.45) is 0 Å². The number of aromatic nitrogens is 1. The fourth-order valence-corrected chi connectivity index (χ4v) is 1.89. The zero-order valence-corrected chi connectivity index (χ0v) is 14.0. The van der Waals surface area contributed by atoms with Gasteiger partial charge in [-0.3, -0.25) is 5.32 Å². The van der Waals surface area contributed by atoms with Crippen molar-refractivity contribution < 1.29 is 9.32 Å². The number of hydrogen-bond donors (Lipinski definition) is 1. The topological polar surface area (TPSA) is 58.4 Å². The molecule has 5 heteroatoms. The summed E-state index contributed by atoms with van der Waals surface area (Å²) in [6, 6.07) is 1.71. The quantitative estimate of drug-likeness (QED) is 0.810. The van der Waals surface area contributed by atoms with E-state index in [4.69, 9.17) is 4.52 Å². The van der Waals surface area contributed by atoms with Gasteiger partial charge in [-0.15, -0.1) is 0 Å². The molecule has 2 amide bonds. The van der Waals surface area contributed by atoms with E-state index in [9.17, 15) is 4.79 Å². The van der Waals surface area contributed by atoms with Gasteiger partial charge < -0.3 is 9.42 Å². The Morgan fingerprint density at radius 1 is 1.24 bits per heavy atom. The molecule has 1 aromatic heterocycles. The number of nitrogens with one attached hydrogen (secondary N) is 1. The third kappa shape index (κ3) is 5.78. The minimum Gasteiger partial charge on any atom is -0.359 e. The second-order valence-corrected chi connectivity index (χ2v) is 6.45. The Labute approximate surface area is 128 Å². The van der Waals surface area contributed by atoms with Crippen molar-refractivity contribution in [3.8, 4) is 0 Å². The normalized spacial score (nSPS) is 11.5. The van der Waals surface area contributed by atoms with Gasteiger partial charge in [0.2, 0.25) is 0 Å². The van der Waals surface area contributed by atoms with Crippen molar-refractivity contribution in [1.29, 1.82) is 0 Å². The first kappa shape index (κ1) is 17.5. The molecule has 0 saturated heterocycles. The third-order valence-corrected chi connectivity index (χ3v) is 3.33. The lowest BCUT2D eigenvalue weighted by molar-refractivity contribution is 0.209. The van der Waals surface area contributed by atoms with Crippen LogP contribution < -0.4 is 5.32 Å². The number of carbonyl (C=O) groups is 1. The molecule has 5 nitrogen and oxygen atoms in total. The lowest BCUT2D eigenvalue weighted by atomic mass is 9.93. The van der Waals surface area contributed by atoms with Crippen LogP contribution in [0, 0.1) is 0 Å². The van der Waals surface area contributed by atoms with Gasteiger partial charge in [0.1, 0.15) is 5.76 Å². The summed E-state index contributed by atoms with van der Waals surface area (Å²) in [7, 11) is 0. The van der Waals surface area contributed by atoms with Crippen LogP contribution in [0.3, 0.4) is 0 Å². The molecule has 0 spiro atoms. The van der Waals surface area contributed by atoms with E-state index in [1.54, 1.807) is 6.07 Å². The summed E-state index contributed by atoms with van der Waals surface area (Å²) in [6.45, 7) is 12.0. The SMILES string of the molecule is CCCCN(CCCC)C(=O)Nc1cc(C(C)(C)C)on1. The van der Waals surface area contributed by atoms with Gasteiger partial charge in [-0.2, -0.15) is 0 Å². The summed E-state index contributed by atoms with van der Waals surface area (Å²) in [5.74, 6) is 1.26. The molecular formula is C16H29N3O2. The molecule has 1 N–H and O–H groups in total. The Morgan fingerprint density at radius 3 is 2.24 bits per heavy atom. The fraction of sp³-hybridized carbons (Fsp3) is 0.750. The summed E-state index contributed by atoms with van der Waals surface area (Å²) >= 11 is 0. The van der Waals surface area contributed by atoms with Gasteiger partial charge in [-0.05, 0) is 12.8 Å². The zero-order valence-electron chi connectivity index (χ0n) is 14.0. The van der Waals surface area contributed by atoms with Crippen LogP contribution in [0.4, 0.5) is 10.6 Å². The van der Waals surface area contributed by atoms with Crippen LogP contribution in [-0.4, -0.2) is 29.2 Å². The predicted octanol–water partition coefficient (Wildman–Crippen LogP) is 4.41. The summed E-state index contributed by atoms with van der Waals surface area (Å²) in [5.41, 5.74) is -0.111. The molecule has 0 fully saturated rings. The number of unbranched alkanes of at least 4 members (excludes halogenated alkanes) is 2. The maximum Gasteiger partial charge on any atom is 0.323 e. The summed E-state index contributed by atoms with van der Waals surface area (Å²) in [5, 5.41) is 6.77. The Morgan fingerprint density at radius 2 is 1.81 bits per heavy atom. The van der Waals surface area contributed by atoms with Crippen LogP contribution in [0.15, 0.2) is 10.6 Å². The van der Waals surface area contributed by atoms with Crippen LogP contribution in [0.2, 0.25) is 0 Å². The van der Waals surface area contributed by atoms with E-state index in [2.05, 4.69) is 24.3 Å². The Hall–Kier alpha value is -1.52. The van der Waals surface area contributed by atoms with Crippen molar-refractivity contribution in [3.63, 3.8) is 0 Å². The number of carbonyl (C=O) groups excluding carboxylic acids is 1. The van der Waals surface area contributed by atoms with Gasteiger partial charge in [0, 0.05) is 24.6 Å². The van der Waals surface area contributed by atoms with E-state index in [0.717, 1.165) is 44.5 Å². The standard InChI is InChI=1S/C16H29N3O2/c1-6-8-10-19(11-9-7-2)15(20)17-14-12-13(21-18-14)16(3,4)5/h12H,6-11H2,1-5H3,(H,17,18,20). The molecule has 0 unspecified atom stereocenters. The van der Waals surface area contributed by atoms with Crippen LogP contribution in [0.25, 0.3) is 0 Å². The average Bonchev–Trinajstić information content (AvgIpc) is 2.87. The van der Waals surface area contributed by atoms with Crippen LogP contribution in [0.5, 0.6) is 0 Å². The maximum atomic E-state index is 12.3. The first-order valence-corrected chi connectivity index (χ1v) is 7.91. The van der Waals surface area contributed by atoms with Crippen molar-refractivity contribution >= 4 is 11.8 Å². The molecule has 0 aromatic carbocycles. The van der Waals surface area contributed by atoms with Crippen LogP contribution >= 0.6 is 0 Å². The van der Waals surface area contributed by atoms with E-state index < -0.39 is 0 Å². The van der Waals surface area contributed by atoms with Crippen LogP contribution in [-0.2, 0) is 5.41 Å². The van der Waals surface area contributed by atoms with E-state index in [0.29, 0.717) is 5.82 Å². The minimum atomic E-state index is -0.111. The minimum absolute atomic E-state index is 0.0920. The van der Waals surface area contributed by atoms with E-state index in [1.165, 1.54) is 0 Å². The number of hydrogen-bond acceptors (Lipinski definition) is 3. The van der Waals surface area contributed by atoms with Gasteiger partial charge in [-0.1, -0.05) is 52.6 Å². The molecular weight excluding hydrogens is 266 g/mol.